The number of benzene rings is 1. The zero-order valence-corrected chi connectivity index (χ0v) is 16.5. The molecule has 148 valence electrons. The molecule has 0 spiro atoms. The Morgan fingerprint density at radius 2 is 2.18 bits per heavy atom. The van der Waals surface area contributed by atoms with Crippen molar-refractivity contribution in [2.45, 2.75) is 19.3 Å². The Labute approximate surface area is 166 Å². The van der Waals surface area contributed by atoms with Gasteiger partial charge in [0.15, 0.2) is 5.76 Å². The molecular weight excluding hydrogens is 354 g/mol. The normalized spacial score (nSPS) is 19.0. The van der Waals surface area contributed by atoms with Crippen LogP contribution >= 0.6 is 0 Å². The number of ether oxygens (including phenoxy) is 1. The van der Waals surface area contributed by atoms with E-state index in [2.05, 4.69) is 16.4 Å². The molecule has 1 N–H and O–H groups in total. The Morgan fingerprint density at radius 3 is 2.89 bits per heavy atom. The average molecular weight is 381 g/mol. The fraction of sp³-hybridized carbons (Fsp3) is 0.455. The molecule has 0 radical (unpaired) electrons. The lowest BCUT2D eigenvalue weighted by atomic mass is 9.81. The lowest BCUT2D eigenvalue weighted by Gasteiger charge is -2.32. The van der Waals surface area contributed by atoms with Crippen molar-refractivity contribution in [3.8, 4) is 29.4 Å². The number of aromatic nitrogens is 1. The molecule has 6 nitrogen and oxygen atoms in total. The molecule has 2 heterocycles. The van der Waals surface area contributed by atoms with Crippen molar-refractivity contribution >= 4 is 5.91 Å². The van der Waals surface area contributed by atoms with Crippen LogP contribution in [0.15, 0.2) is 34.9 Å². The topological polar surface area (TPSA) is 67.6 Å². The van der Waals surface area contributed by atoms with Crippen LogP contribution in [0.1, 0.15) is 18.5 Å². The van der Waals surface area contributed by atoms with Crippen molar-refractivity contribution in [2.24, 2.45) is 11.8 Å². The van der Waals surface area contributed by atoms with Crippen LogP contribution in [-0.4, -0.2) is 49.8 Å². The zero-order valence-electron chi connectivity index (χ0n) is 16.5. The van der Waals surface area contributed by atoms with Crippen LogP contribution in [0.4, 0.5) is 0 Å². The van der Waals surface area contributed by atoms with Crippen molar-refractivity contribution in [1.82, 2.24) is 15.4 Å². The van der Waals surface area contributed by atoms with E-state index in [1.807, 2.05) is 30.3 Å². The second kappa shape index (κ2) is 9.43. The number of hydrogen-bond donors (Lipinski definition) is 1. The highest BCUT2D eigenvalue weighted by Gasteiger charge is 2.29. The number of piperidine rings is 1. The average Bonchev–Trinajstić information content (AvgIpc) is 3.18. The number of nitrogens with zero attached hydrogens (tertiary/aromatic N) is 2. The molecule has 1 aliphatic heterocycles. The second-order valence-electron chi connectivity index (χ2n) is 7.29. The van der Waals surface area contributed by atoms with Crippen LogP contribution < -0.4 is 10.1 Å². The van der Waals surface area contributed by atoms with Crippen molar-refractivity contribution < 1.29 is 14.1 Å². The summed E-state index contributed by atoms with van der Waals surface area (Å²) in [4.78, 5) is 14.0. The van der Waals surface area contributed by atoms with Crippen molar-refractivity contribution in [3.05, 3.63) is 36.0 Å². The first kappa shape index (κ1) is 20.0. The first-order chi connectivity index (χ1) is 13.6. The summed E-state index contributed by atoms with van der Waals surface area (Å²) in [7, 11) is 3.41. The lowest BCUT2D eigenvalue weighted by Crippen LogP contribution is -2.40. The summed E-state index contributed by atoms with van der Waals surface area (Å²) >= 11 is 0. The lowest BCUT2D eigenvalue weighted by molar-refractivity contribution is -0.131. The molecule has 1 aromatic carbocycles. The predicted octanol–water partition coefficient (Wildman–Crippen LogP) is 2.60. The first-order valence-electron chi connectivity index (χ1n) is 9.59. The van der Waals surface area contributed by atoms with Crippen molar-refractivity contribution in [3.63, 3.8) is 0 Å². The second-order valence-corrected chi connectivity index (χ2v) is 7.29. The molecule has 0 bridgehead atoms. The highest BCUT2D eigenvalue weighted by molar-refractivity contribution is 5.76. The minimum atomic E-state index is 0.105. The summed E-state index contributed by atoms with van der Waals surface area (Å²) in [6.07, 6.45) is 7.60. The Morgan fingerprint density at radius 1 is 1.39 bits per heavy atom. The van der Waals surface area contributed by atoms with Gasteiger partial charge in [0, 0.05) is 25.1 Å². The smallest absolute Gasteiger partial charge is 0.223 e. The van der Waals surface area contributed by atoms with Gasteiger partial charge in [-0.2, -0.15) is 0 Å². The quantitative estimate of drug-likeness (QED) is 0.747. The van der Waals surface area contributed by atoms with Gasteiger partial charge in [-0.25, -0.2) is 0 Å². The Balaban J connectivity index is 1.65. The summed E-state index contributed by atoms with van der Waals surface area (Å²) in [6.45, 7) is 2.16. The molecule has 1 fully saturated rings. The molecule has 3 rings (SSSR count). The van der Waals surface area contributed by atoms with Crippen LogP contribution in [0.2, 0.25) is 0 Å². The molecule has 2 aromatic rings. The molecule has 6 heteroatoms. The van der Waals surface area contributed by atoms with E-state index in [0.29, 0.717) is 24.8 Å². The van der Waals surface area contributed by atoms with Gasteiger partial charge in [0.1, 0.15) is 5.75 Å². The van der Waals surface area contributed by atoms with E-state index in [0.717, 1.165) is 48.7 Å². The summed E-state index contributed by atoms with van der Waals surface area (Å²) in [5.41, 5.74) is 1.87. The molecule has 1 saturated heterocycles. The van der Waals surface area contributed by atoms with Crippen LogP contribution in [0.3, 0.4) is 0 Å². The standard InChI is InChI=1S/C22H27N3O3/c1-4-11-25(2)22(26)13-17-9-10-23-15-18(17)12-19-14-21(28-24-19)16-5-7-20(27-3)8-6-16/h1,5-8,14,17-18,23H,9-13,15H2,2-3H3/t17-,18-/m0/s1. The minimum absolute atomic E-state index is 0.105. The van der Waals surface area contributed by atoms with E-state index < -0.39 is 0 Å². The van der Waals surface area contributed by atoms with Gasteiger partial charge >= 0.3 is 0 Å². The molecule has 1 aliphatic rings. The fourth-order valence-electron chi connectivity index (χ4n) is 3.66. The van der Waals surface area contributed by atoms with Gasteiger partial charge in [-0.15, -0.1) is 6.42 Å². The van der Waals surface area contributed by atoms with Gasteiger partial charge in [0.05, 0.1) is 19.3 Å². The summed E-state index contributed by atoms with van der Waals surface area (Å²) in [6, 6.07) is 9.69. The molecule has 28 heavy (non-hydrogen) atoms. The number of nitrogens with one attached hydrogen (secondary N) is 1. The summed E-state index contributed by atoms with van der Waals surface area (Å²) in [5, 5.41) is 7.69. The molecule has 1 amide bonds. The monoisotopic (exact) mass is 381 g/mol. The number of terminal acetylenes is 1. The third kappa shape index (κ3) is 4.93. The first-order valence-corrected chi connectivity index (χ1v) is 9.59. The number of carbonyl (C=O) groups is 1. The number of amides is 1. The Kier molecular flexibility index (Phi) is 6.72. The Bertz CT molecular complexity index is 822. The zero-order chi connectivity index (χ0) is 19.9. The molecule has 1 aromatic heterocycles. The van der Waals surface area contributed by atoms with Gasteiger partial charge < -0.3 is 19.5 Å². The number of rotatable bonds is 7. The van der Waals surface area contributed by atoms with E-state index in [4.69, 9.17) is 15.7 Å². The van der Waals surface area contributed by atoms with Gasteiger partial charge in [-0.05, 0) is 62.0 Å². The minimum Gasteiger partial charge on any atom is -0.497 e. The van der Waals surface area contributed by atoms with Gasteiger partial charge in [0.2, 0.25) is 5.91 Å². The van der Waals surface area contributed by atoms with Gasteiger partial charge in [-0.3, -0.25) is 4.79 Å². The largest absolute Gasteiger partial charge is 0.497 e. The van der Waals surface area contributed by atoms with Crippen LogP contribution in [0.5, 0.6) is 5.75 Å². The molecule has 2 atom stereocenters. The third-order valence-electron chi connectivity index (χ3n) is 5.36. The van der Waals surface area contributed by atoms with E-state index in [1.54, 1.807) is 19.1 Å². The van der Waals surface area contributed by atoms with Crippen molar-refractivity contribution in [2.75, 3.05) is 33.8 Å². The molecule has 0 saturated carbocycles. The van der Waals surface area contributed by atoms with E-state index in [1.165, 1.54) is 0 Å². The highest BCUT2D eigenvalue weighted by Crippen LogP contribution is 2.29. The molecule has 0 aliphatic carbocycles. The maximum atomic E-state index is 12.4. The van der Waals surface area contributed by atoms with E-state index in [9.17, 15) is 4.79 Å². The summed E-state index contributed by atoms with van der Waals surface area (Å²) < 4.78 is 10.7. The van der Waals surface area contributed by atoms with Crippen LogP contribution in [0, 0.1) is 24.2 Å². The SMILES string of the molecule is C#CCN(C)C(=O)C[C@@H]1CCNC[C@@H]1Cc1cc(-c2ccc(OC)cc2)on1. The molecular formula is C22H27N3O3. The maximum absolute atomic E-state index is 12.4. The Hall–Kier alpha value is -2.78. The van der Waals surface area contributed by atoms with E-state index >= 15 is 0 Å². The number of hydrogen-bond acceptors (Lipinski definition) is 5. The van der Waals surface area contributed by atoms with Crippen molar-refractivity contribution in [1.29, 1.82) is 0 Å². The number of carbonyl (C=O) groups excluding carboxylic acids is 1. The van der Waals surface area contributed by atoms with Crippen LogP contribution in [-0.2, 0) is 11.2 Å². The van der Waals surface area contributed by atoms with E-state index in [-0.39, 0.29) is 5.91 Å². The third-order valence-corrected chi connectivity index (χ3v) is 5.36. The fourth-order valence-corrected chi connectivity index (χ4v) is 3.66. The van der Waals surface area contributed by atoms with Gasteiger partial charge in [0.25, 0.3) is 0 Å². The van der Waals surface area contributed by atoms with Crippen LogP contribution in [0.25, 0.3) is 11.3 Å². The predicted molar refractivity (Wildman–Crippen MR) is 108 cm³/mol. The maximum Gasteiger partial charge on any atom is 0.223 e. The summed E-state index contributed by atoms with van der Waals surface area (Å²) in [5.74, 6) is 4.83. The van der Waals surface area contributed by atoms with Gasteiger partial charge in [-0.1, -0.05) is 11.1 Å². The highest BCUT2D eigenvalue weighted by atomic mass is 16.5. The molecule has 0 unspecified atom stereocenters. The number of methoxy groups -OCH3 is 1.